The molecule has 1 heterocycles. The summed E-state index contributed by atoms with van der Waals surface area (Å²) in [5.74, 6) is 0.223. The summed E-state index contributed by atoms with van der Waals surface area (Å²) in [6, 6.07) is 0. The molecule has 0 bridgehead atoms. The van der Waals surface area contributed by atoms with Crippen molar-refractivity contribution in [2.45, 2.75) is 57.4 Å². The maximum atomic E-state index is 11.8. The maximum Gasteiger partial charge on any atom is 0.221 e. The standard InChI is InChI=1S/C13H23NO2/c1-3-12(10-16-2)9-11(15)14-13(12)7-5-4-6-8-13/h3-10H2,1-2H3,(H,14,15). The first-order valence-electron chi connectivity index (χ1n) is 6.48. The highest BCUT2D eigenvalue weighted by molar-refractivity contribution is 5.81. The molecule has 1 saturated heterocycles. The van der Waals surface area contributed by atoms with E-state index in [1.165, 1.54) is 19.3 Å². The number of amides is 1. The van der Waals surface area contributed by atoms with Gasteiger partial charge in [-0.1, -0.05) is 26.2 Å². The van der Waals surface area contributed by atoms with E-state index >= 15 is 0 Å². The zero-order chi connectivity index (χ0) is 11.6. The fourth-order valence-electron chi connectivity index (χ4n) is 3.76. The second-order valence-electron chi connectivity index (χ2n) is 5.43. The minimum Gasteiger partial charge on any atom is -0.384 e. The summed E-state index contributed by atoms with van der Waals surface area (Å²) in [5.41, 5.74) is 0.0757. The van der Waals surface area contributed by atoms with E-state index in [0.717, 1.165) is 19.3 Å². The fraction of sp³-hybridized carbons (Fsp3) is 0.923. The lowest BCUT2D eigenvalue weighted by Gasteiger charge is -2.47. The lowest BCUT2D eigenvalue weighted by Crippen LogP contribution is -2.55. The van der Waals surface area contributed by atoms with Gasteiger partial charge in [-0.2, -0.15) is 0 Å². The van der Waals surface area contributed by atoms with Crippen molar-refractivity contribution in [2.24, 2.45) is 5.41 Å². The van der Waals surface area contributed by atoms with Crippen molar-refractivity contribution < 1.29 is 9.53 Å². The first-order valence-corrected chi connectivity index (χ1v) is 6.48. The molecular weight excluding hydrogens is 202 g/mol. The van der Waals surface area contributed by atoms with Crippen molar-refractivity contribution >= 4 is 5.91 Å². The Bertz CT molecular complexity index is 258. The van der Waals surface area contributed by atoms with Crippen LogP contribution >= 0.6 is 0 Å². The van der Waals surface area contributed by atoms with Crippen molar-refractivity contribution in [3.63, 3.8) is 0 Å². The smallest absolute Gasteiger partial charge is 0.221 e. The molecule has 1 amide bonds. The zero-order valence-corrected chi connectivity index (χ0v) is 10.5. The van der Waals surface area contributed by atoms with Gasteiger partial charge in [-0.25, -0.2) is 0 Å². The van der Waals surface area contributed by atoms with E-state index in [0.29, 0.717) is 13.0 Å². The Hall–Kier alpha value is -0.570. The zero-order valence-electron chi connectivity index (χ0n) is 10.5. The molecule has 1 aliphatic heterocycles. The van der Waals surface area contributed by atoms with E-state index in [2.05, 4.69) is 12.2 Å². The summed E-state index contributed by atoms with van der Waals surface area (Å²) in [7, 11) is 1.75. The molecule has 1 unspecified atom stereocenters. The maximum absolute atomic E-state index is 11.8. The largest absolute Gasteiger partial charge is 0.384 e. The number of rotatable bonds is 3. The topological polar surface area (TPSA) is 38.3 Å². The number of ether oxygens (including phenoxy) is 1. The molecule has 3 heteroatoms. The van der Waals surface area contributed by atoms with Crippen molar-refractivity contribution in [3.8, 4) is 0 Å². The third-order valence-electron chi connectivity index (χ3n) is 4.70. The van der Waals surface area contributed by atoms with Crippen LogP contribution in [0.3, 0.4) is 0 Å². The highest BCUT2D eigenvalue weighted by Gasteiger charge is 2.56. The van der Waals surface area contributed by atoms with E-state index in [4.69, 9.17) is 4.74 Å². The third kappa shape index (κ3) is 1.65. The summed E-state index contributed by atoms with van der Waals surface area (Å²) in [6.07, 6.45) is 7.74. The third-order valence-corrected chi connectivity index (χ3v) is 4.70. The molecule has 0 aromatic heterocycles. The van der Waals surface area contributed by atoms with Gasteiger partial charge in [0.2, 0.25) is 5.91 Å². The Balaban J connectivity index is 2.28. The fourth-order valence-corrected chi connectivity index (χ4v) is 3.76. The van der Waals surface area contributed by atoms with Crippen LogP contribution in [0, 0.1) is 5.41 Å². The quantitative estimate of drug-likeness (QED) is 0.800. The molecule has 0 aromatic carbocycles. The summed E-state index contributed by atoms with van der Waals surface area (Å²) >= 11 is 0. The molecule has 1 saturated carbocycles. The van der Waals surface area contributed by atoms with Crippen molar-refractivity contribution in [1.29, 1.82) is 0 Å². The number of carbonyl (C=O) groups is 1. The average Bonchev–Trinajstić information content (AvgIpc) is 2.53. The van der Waals surface area contributed by atoms with Crippen LogP contribution in [0.4, 0.5) is 0 Å². The first-order chi connectivity index (χ1) is 7.68. The Morgan fingerprint density at radius 1 is 1.31 bits per heavy atom. The van der Waals surface area contributed by atoms with Crippen LogP contribution in [0.5, 0.6) is 0 Å². The van der Waals surface area contributed by atoms with Gasteiger partial charge in [-0.15, -0.1) is 0 Å². The molecule has 1 aliphatic carbocycles. The normalized spacial score (nSPS) is 33.0. The van der Waals surface area contributed by atoms with Gasteiger partial charge in [0, 0.05) is 24.5 Å². The van der Waals surface area contributed by atoms with Gasteiger partial charge in [0.05, 0.1) is 6.61 Å². The van der Waals surface area contributed by atoms with Crippen LogP contribution in [0.25, 0.3) is 0 Å². The molecule has 3 nitrogen and oxygen atoms in total. The van der Waals surface area contributed by atoms with Gasteiger partial charge in [-0.05, 0) is 19.3 Å². The number of hydrogen-bond donors (Lipinski definition) is 1. The van der Waals surface area contributed by atoms with Crippen LogP contribution in [0.2, 0.25) is 0 Å². The molecule has 0 radical (unpaired) electrons. The van der Waals surface area contributed by atoms with Crippen LogP contribution < -0.4 is 5.32 Å². The number of hydrogen-bond acceptors (Lipinski definition) is 2. The highest BCUT2D eigenvalue weighted by Crippen LogP contribution is 2.50. The van der Waals surface area contributed by atoms with Gasteiger partial charge in [0.25, 0.3) is 0 Å². The molecule has 1 spiro atoms. The summed E-state index contributed by atoms with van der Waals surface area (Å²) < 4.78 is 5.40. The Morgan fingerprint density at radius 3 is 2.56 bits per heavy atom. The van der Waals surface area contributed by atoms with Crippen molar-refractivity contribution in [2.75, 3.05) is 13.7 Å². The van der Waals surface area contributed by atoms with Crippen molar-refractivity contribution in [1.82, 2.24) is 5.32 Å². The molecule has 16 heavy (non-hydrogen) atoms. The molecule has 1 N–H and O–H groups in total. The lowest BCUT2D eigenvalue weighted by molar-refractivity contribution is -0.120. The van der Waals surface area contributed by atoms with Crippen LogP contribution in [-0.4, -0.2) is 25.2 Å². The number of carbonyl (C=O) groups excluding carboxylic acids is 1. The summed E-state index contributed by atoms with van der Waals surface area (Å²) in [6.45, 7) is 2.90. The molecule has 92 valence electrons. The predicted octanol–water partition coefficient (Wildman–Crippen LogP) is 2.25. The second kappa shape index (κ2) is 4.36. The van der Waals surface area contributed by atoms with E-state index in [1.807, 2.05) is 0 Å². The van der Waals surface area contributed by atoms with Crippen molar-refractivity contribution in [3.05, 3.63) is 0 Å². The minimum atomic E-state index is 0.0348. The highest BCUT2D eigenvalue weighted by atomic mass is 16.5. The molecule has 1 atom stereocenters. The Morgan fingerprint density at radius 2 is 2.00 bits per heavy atom. The lowest BCUT2D eigenvalue weighted by atomic mass is 9.62. The number of methoxy groups -OCH3 is 1. The molecule has 2 aliphatic rings. The van der Waals surface area contributed by atoms with Gasteiger partial charge >= 0.3 is 0 Å². The Kier molecular flexibility index (Phi) is 3.24. The molecular formula is C13H23NO2. The van der Waals surface area contributed by atoms with Gasteiger partial charge in [0.15, 0.2) is 0 Å². The van der Waals surface area contributed by atoms with E-state index in [1.54, 1.807) is 7.11 Å². The molecule has 2 rings (SSSR count). The van der Waals surface area contributed by atoms with Gasteiger partial charge < -0.3 is 10.1 Å². The Labute approximate surface area is 97.9 Å². The van der Waals surface area contributed by atoms with E-state index in [9.17, 15) is 4.79 Å². The SMILES string of the molecule is CCC1(COC)CC(=O)NC12CCCCC2. The minimum absolute atomic E-state index is 0.0348. The van der Waals surface area contributed by atoms with Crippen LogP contribution in [0.15, 0.2) is 0 Å². The first kappa shape index (κ1) is 11.9. The second-order valence-corrected chi connectivity index (χ2v) is 5.43. The predicted molar refractivity (Wildman–Crippen MR) is 63.2 cm³/mol. The molecule has 2 fully saturated rings. The average molecular weight is 225 g/mol. The van der Waals surface area contributed by atoms with E-state index < -0.39 is 0 Å². The van der Waals surface area contributed by atoms with Gasteiger partial charge in [-0.3, -0.25) is 4.79 Å². The summed E-state index contributed by atoms with van der Waals surface area (Å²) in [5, 5.41) is 3.28. The monoisotopic (exact) mass is 225 g/mol. The van der Waals surface area contributed by atoms with Crippen LogP contribution in [0.1, 0.15) is 51.9 Å². The van der Waals surface area contributed by atoms with Gasteiger partial charge in [0.1, 0.15) is 0 Å². The van der Waals surface area contributed by atoms with E-state index in [-0.39, 0.29) is 16.9 Å². The van der Waals surface area contributed by atoms with Crippen LogP contribution in [-0.2, 0) is 9.53 Å². The number of nitrogens with one attached hydrogen (secondary N) is 1. The summed E-state index contributed by atoms with van der Waals surface area (Å²) in [4.78, 5) is 11.8. The molecule has 0 aromatic rings.